The average Bonchev–Trinajstić information content (AvgIpc) is 3.48. The Morgan fingerprint density at radius 1 is 1.02 bits per heavy atom. The van der Waals surface area contributed by atoms with Crippen molar-refractivity contribution < 1.29 is 14.0 Å². The molecule has 6 nitrogen and oxygen atoms in total. The van der Waals surface area contributed by atoms with Crippen molar-refractivity contribution >= 4 is 25.3 Å². The van der Waals surface area contributed by atoms with Crippen LogP contribution in [0.25, 0.3) is 11.0 Å². The summed E-state index contributed by atoms with van der Waals surface area (Å²) in [7, 11) is -0.122. The summed E-state index contributed by atoms with van der Waals surface area (Å²) in [6, 6.07) is 8.90. The SMILES string of the molecule is Cc1c([C@H](CC(=O)OC(C)(C)C)c2cc3c(c(CO[Si](C(C)C)(C(C)C)C(C)C)c2)CCC3)ccc2c1nnn2C. The van der Waals surface area contributed by atoms with Crippen LogP contribution in [-0.2, 0) is 40.5 Å². The standard InChI is InChI=1S/C34H51N3O3Si/c1-21(2)41(22(3)4,23(5)6)39-20-27-18-26(17-25-13-12-14-29(25)27)30(19-32(38)40-34(8,9)10)28-15-16-31-33(24(28)7)35-36-37(31)11/h15-18,21-23,30H,12-14,19-20H2,1-11H3/t30-/m1/s1. The molecule has 0 bridgehead atoms. The van der Waals surface area contributed by atoms with Gasteiger partial charge in [-0.2, -0.15) is 0 Å². The number of hydrogen-bond donors (Lipinski definition) is 0. The predicted molar refractivity (Wildman–Crippen MR) is 170 cm³/mol. The van der Waals surface area contributed by atoms with E-state index in [9.17, 15) is 4.79 Å². The fraction of sp³-hybridized carbons (Fsp3) is 0.618. The number of carbonyl (C=O) groups is 1. The molecule has 0 radical (unpaired) electrons. The number of carbonyl (C=O) groups excluding carboxylic acids is 1. The number of rotatable bonds is 10. The van der Waals surface area contributed by atoms with Crippen LogP contribution in [0.3, 0.4) is 0 Å². The first-order valence-corrected chi connectivity index (χ1v) is 17.6. The first-order chi connectivity index (χ1) is 19.2. The normalized spacial score (nSPS) is 14.9. The first kappa shape index (κ1) is 31.4. The van der Waals surface area contributed by atoms with Crippen LogP contribution >= 0.6 is 0 Å². The summed E-state index contributed by atoms with van der Waals surface area (Å²) >= 11 is 0. The zero-order chi connectivity index (χ0) is 30.3. The van der Waals surface area contributed by atoms with E-state index < -0.39 is 13.9 Å². The predicted octanol–water partition coefficient (Wildman–Crippen LogP) is 8.32. The average molecular weight is 578 g/mol. The molecule has 0 N–H and O–H groups in total. The van der Waals surface area contributed by atoms with E-state index in [1.54, 1.807) is 4.68 Å². The van der Waals surface area contributed by atoms with E-state index in [0.717, 1.165) is 47.0 Å². The third-order valence-electron chi connectivity index (χ3n) is 9.16. The van der Waals surface area contributed by atoms with Gasteiger partial charge in [0.15, 0.2) is 0 Å². The summed E-state index contributed by atoms with van der Waals surface area (Å²) in [4.78, 5) is 13.3. The van der Waals surface area contributed by atoms with Crippen molar-refractivity contribution in [2.24, 2.45) is 7.05 Å². The Balaban J connectivity index is 1.81. The van der Waals surface area contributed by atoms with Gasteiger partial charge in [-0.15, -0.1) is 5.10 Å². The van der Waals surface area contributed by atoms with Crippen LogP contribution in [0.15, 0.2) is 24.3 Å². The van der Waals surface area contributed by atoms with Gasteiger partial charge in [0, 0.05) is 13.0 Å². The van der Waals surface area contributed by atoms with Gasteiger partial charge >= 0.3 is 5.97 Å². The molecule has 0 saturated heterocycles. The van der Waals surface area contributed by atoms with E-state index in [1.807, 2.05) is 27.8 Å². The van der Waals surface area contributed by atoms with E-state index in [0.29, 0.717) is 23.2 Å². The van der Waals surface area contributed by atoms with Crippen molar-refractivity contribution in [2.75, 3.05) is 0 Å². The maximum Gasteiger partial charge on any atom is 0.307 e. The van der Waals surface area contributed by atoms with Crippen molar-refractivity contribution in [2.45, 2.75) is 130 Å². The number of fused-ring (bicyclic) bond motifs is 2. The van der Waals surface area contributed by atoms with Gasteiger partial charge < -0.3 is 9.16 Å². The number of ether oxygens (including phenoxy) is 1. The number of benzene rings is 2. The van der Waals surface area contributed by atoms with Gasteiger partial charge in [0.25, 0.3) is 0 Å². The first-order valence-electron chi connectivity index (χ1n) is 15.4. The molecule has 1 heterocycles. The van der Waals surface area contributed by atoms with Gasteiger partial charge in [0.1, 0.15) is 11.1 Å². The highest BCUT2D eigenvalue weighted by atomic mass is 28.4. The van der Waals surface area contributed by atoms with Crippen LogP contribution in [0, 0.1) is 6.92 Å². The number of nitrogens with zero attached hydrogens (tertiary/aromatic N) is 3. The molecule has 1 aromatic heterocycles. The zero-order valence-corrected chi connectivity index (χ0v) is 28.2. The molecule has 1 aliphatic rings. The molecule has 7 heteroatoms. The topological polar surface area (TPSA) is 66.2 Å². The van der Waals surface area contributed by atoms with Crippen molar-refractivity contribution in [3.63, 3.8) is 0 Å². The van der Waals surface area contributed by atoms with Crippen molar-refractivity contribution in [1.82, 2.24) is 15.0 Å². The molecule has 4 rings (SSSR count). The van der Waals surface area contributed by atoms with Gasteiger partial charge in [-0.05, 0) is 103 Å². The third kappa shape index (κ3) is 6.31. The van der Waals surface area contributed by atoms with Crippen molar-refractivity contribution in [1.29, 1.82) is 0 Å². The second-order valence-corrected chi connectivity index (χ2v) is 19.4. The van der Waals surface area contributed by atoms with Crippen LogP contribution in [0.5, 0.6) is 0 Å². The second-order valence-electron chi connectivity index (χ2n) is 14.0. The van der Waals surface area contributed by atoms with Crippen molar-refractivity contribution in [3.05, 3.63) is 57.6 Å². The van der Waals surface area contributed by atoms with Crippen LogP contribution in [0.2, 0.25) is 16.6 Å². The number of aryl methyl sites for hydroxylation is 3. The number of esters is 1. The maximum absolute atomic E-state index is 13.3. The summed E-state index contributed by atoms with van der Waals surface area (Å²) in [6.45, 7) is 22.6. The molecular weight excluding hydrogens is 526 g/mol. The lowest BCUT2D eigenvalue weighted by Gasteiger charge is -2.42. The number of aromatic nitrogens is 3. The monoisotopic (exact) mass is 577 g/mol. The van der Waals surface area contributed by atoms with Gasteiger partial charge in [-0.25, -0.2) is 4.68 Å². The highest BCUT2D eigenvalue weighted by Crippen LogP contribution is 2.44. The van der Waals surface area contributed by atoms with Crippen LogP contribution in [-0.4, -0.2) is 34.9 Å². The highest BCUT2D eigenvalue weighted by Gasteiger charge is 2.45. The molecule has 0 amide bonds. The third-order valence-corrected chi connectivity index (χ3v) is 15.2. The van der Waals surface area contributed by atoms with E-state index in [2.05, 4.69) is 83.0 Å². The van der Waals surface area contributed by atoms with E-state index in [1.165, 1.54) is 16.7 Å². The van der Waals surface area contributed by atoms with Crippen LogP contribution in [0.4, 0.5) is 0 Å². The Morgan fingerprint density at radius 2 is 1.68 bits per heavy atom. The molecule has 3 aromatic rings. The summed E-state index contributed by atoms with van der Waals surface area (Å²) in [5, 5.41) is 8.71. The lowest BCUT2D eigenvalue weighted by Crippen LogP contribution is -2.47. The van der Waals surface area contributed by atoms with Crippen LogP contribution in [0.1, 0.15) is 114 Å². The summed E-state index contributed by atoms with van der Waals surface area (Å²) in [5.41, 5.74) is 10.4. The molecule has 41 heavy (non-hydrogen) atoms. The quantitative estimate of drug-likeness (QED) is 0.179. The minimum atomic E-state index is -2.03. The Bertz CT molecular complexity index is 1380. The molecule has 1 aliphatic carbocycles. The largest absolute Gasteiger partial charge is 0.460 e. The fourth-order valence-electron chi connectivity index (χ4n) is 7.44. The molecule has 224 valence electrons. The summed E-state index contributed by atoms with van der Waals surface area (Å²) < 4.78 is 14.8. The van der Waals surface area contributed by atoms with Gasteiger partial charge in [0.05, 0.1) is 18.5 Å². The highest BCUT2D eigenvalue weighted by molar-refractivity contribution is 6.77. The van der Waals surface area contributed by atoms with Gasteiger partial charge in [-0.3, -0.25) is 4.79 Å². The fourth-order valence-corrected chi connectivity index (χ4v) is 12.8. The smallest absolute Gasteiger partial charge is 0.307 e. The lowest BCUT2D eigenvalue weighted by molar-refractivity contribution is -0.155. The van der Waals surface area contributed by atoms with E-state index in [4.69, 9.17) is 9.16 Å². The molecule has 1 atom stereocenters. The van der Waals surface area contributed by atoms with Crippen molar-refractivity contribution in [3.8, 4) is 0 Å². The molecule has 0 unspecified atom stereocenters. The zero-order valence-electron chi connectivity index (χ0n) is 27.2. The lowest BCUT2D eigenvalue weighted by atomic mass is 9.83. The molecule has 2 aromatic carbocycles. The Morgan fingerprint density at radius 3 is 2.29 bits per heavy atom. The molecule has 0 spiro atoms. The van der Waals surface area contributed by atoms with Gasteiger partial charge in [0.2, 0.25) is 8.32 Å². The Hall–Kier alpha value is -2.51. The maximum atomic E-state index is 13.3. The number of hydrogen-bond acceptors (Lipinski definition) is 5. The molecule has 0 aliphatic heterocycles. The molecular formula is C34H51N3O3Si. The Labute approximate surface area is 248 Å². The van der Waals surface area contributed by atoms with E-state index >= 15 is 0 Å². The second kappa shape index (κ2) is 12.0. The van der Waals surface area contributed by atoms with Crippen LogP contribution < -0.4 is 0 Å². The molecule has 0 saturated carbocycles. The van der Waals surface area contributed by atoms with E-state index in [-0.39, 0.29) is 18.3 Å². The minimum Gasteiger partial charge on any atom is -0.460 e. The van der Waals surface area contributed by atoms with Gasteiger partial charge in [-0.1, -0.05) is 65.0 Å². The molecule has 0 fully saturated rings. The Kier molecular flexibility index (Phi) is 9.20. The minimum absolute atomic E-state index is 0.150. The summed E-state index contributed by atoms with van der Waals surface area (Å²) in [6.07, 6.45) is 3.59. The summed E-state index contributed by atoms with van der Waals surface area (Å²) in [5.74, 6) is -0.339.